The summed E-state index contributed by atoms with van der Waals surface area (Å²) in [5.74, 6) is 1.28. The average Bonchev–Trinajstić information content (AvgIpc) is 3.94. The van der Waals surface area contributed by atoms with Gasteiger partial charge in [-0.05, 0) is 90.2 Å². The second-order valence-corrected chi connectivity index (χ2v) is 16.5. The molecule has 5 heteroatoms. The van der Waals surface area contributed by atoms with Gasteiger partial charge in [0, 0.05) is 54.1 Å². The molecule has 1 atom stereocenters. The fourth-order valence-corrected chi connectivity index (χ4v) is 10.2. The summed E-state index contributed by atoms with van der Waals surface area (Å²) in [6.45, 7) is 2.27. The maximum atomic E-state index is 5.46. The van der Waals surface area contributed by atoms with Gasteiger partial charge in [-0.1, -0.05) is 122 Å². The van der Waals surface area contributed by atoms with E-state index < -0.39 is 0 Å². The summed E-state index contributed by atoms with van der Waals surface area (Å²) >= 11 is 1.77. The van der Waals surface area contributed by atoms with Crippen molar-refractivity contribution in [3.8, 4) is 39.5 Å². The smallest absolute Gasteiger partial charge is 0.160 e. The summed E-state index contributed by atoms with van der Waals surface area (Å²) in [6, 6.07) is 59.2. The van der Waals surface area contributed by atoms with Gasteiger partial charge in [0.2, 0.25) is 0 Å². The molecule has 0 amide bonds. The maximum absolute atomic E-state index is 5.46. The average molecular weight is 761 g/mol. The third-order valence-corrected chi connectivity index (χ3v) is 13.0. The molecular formula is C53H36N4S. The van der Waals surface area contributed by atoms with E-state index in [1.165, 1.54) is 54.0 Å². The van der Waals surface area contributed by atoms with Gasteiger partial charge in [-0.15, -0.1) is 11.3 Å². The van der Waals surface area contributed by atoms with E-state index >= 15 is 0 Å². The van der Waals surface area contributed by atoms with E-state index in [4.69, 9.17) is 9.97 Å². The van der Waals surface area contributed by atoms with Crippen molar-refractivity contribution in [3.05, 3.63) is 182 Å². The van der Waals surface area contributed by atoms with E-state index in [2.05, 4.69) is 198 Å². The highest BCUT2D eigenvalue weighted by molar-refractivity contribution is 7.26. The molecule has 12 rings (SSSR count). The van der Waals surface area contributed by atoms with Gasteiger partial charge in [0.05, 0.1) is 38.0 Å². The van der Waals surface area contributed by atoms with Crippen molar-refractivity contribution in [2.45, 2.75) is 13.3 Å². The monoisotopic (exact) mass is 760 g/mol. The summed E-state index contributed by atoms with van der Waals surface area (Å²) in [5, 5.41) is 6.11. The number of hydrogen-bond donors (Lipinski definition) is 0. The lowest BCUT2D eigenvalue weighted by molar-refractivity contribution is 0.735. The number of hydrogen-bond acceptors (Lipinski definition) is 3. The Morgan fingerprint density at radius 1 is 0.517 bits per heavy atom. The molecule has 4 nitrogen and oxygen atoms in total. The first-order valence-corrected chi connectivity index (χ1v) is 20.8. The van der Waals surface area contributed by atoms with Crippen molar-refractivity contribution >= 4 is 80.9 Å². The first-order valence-electron chi connectivity index (χ1n) is 20.0. The van der Waals surface area contributed by atoms with Gasteiger partial charge in [-0.3, -0.25) is 0 Å². The first-order chi connectivity index (χ1) is 28.7. The molecule has 0 radical (unpaired) electrons. The lowest BCUT2D eigenvalue weighted by Gasteiger charge is -2.15. The molecule has 1 aliphatic rings. The van der Waals surface area contributed by atoms with Gasteiger partial charge >= 0.3 is 0 Å². The molecule has 0 aliphatic heterocycles. The molecule has 1 aliphatic carbocycles. The summed E-state index contributed by atoms with van der Waals surface area (Å²) in [6.07, 6.45) is 7.99. The van der Waals surface area contributed by atoms with Crippen molar-refractivity contribution in [1.82, 2.24) is 19.1 Å². The van der Waals surface area contributed by atoms with Crippen LogP contribution in [0.5, 0.6) is 0 Å². The van der Waals surface area contributed by atoms with Gasteiger partial charge in [0.25, 0.3) is 0 Å². The van der Waals surface area contributed by atoms with Crippen LogP contribution in [-0.4, -0.2) is 19.1 Å². The molecule has 1 unspecified atom stereocenters. The van der Waals surface area contributed by atoms with Crippen molar-refractivity contribution < 1.29 is 0 Å². The minimum atomic E-state index is 0.551. The van der Waals surface area contributed by atoms with E-state index in [9.17, 15) is 0 Å². The predicted molar refractivity (Wildman–Crippen MR) is 246 cm³/mol. The summed E-state index contributed by atoms with van der Waals surface area (Å²) in [7, 11) is 0. The van der Waals surface area contributed by atoms with Crippen LogP contribution in [0, 0.1) is 5.92 Å². The molecule has 58 heavy (non-hydrogen) atoms. The molecule has 0 saturated heterocycles. The number of fused-ring (bicyclic) bond motifs is 9. The summed E-state index contributed by atoms with van der Waals surface area (Å²) in [4.78, 5) is 10.8. The number of nitrogens with zero attached hydrogens (tertiary/aromatic N) is 4. The van der Waals surface area contributed by atoms with Crippen LogP contribution in [-0.2, 0) is 0 Å². The summed E-state index contributed by atoms with van der Waals surface area (Å²) in [5.41, 5.74) is 13.5. The van der Waals surface area contributed by atoms with Crippen LogP contribution in [0.15, 0.2) is 182 Å². The number of allylic oxidation sites excluding steroid dienone is 4. The first kappa shape index (κ1) is 33.1. The van der Waals surface area contributed by atoms with Gasteiger partial charge in [0.15, 0.2) is 5.82 Å². The molecule has 4 aromatic heterocycles. The number of thiophene rings is 1. The quantitative estimate of drug-likeness (QED) is 0.175. The SMILES string of the molecule is CC1C=CC(n2c3ccccc3c3cc(-c4nc(-c5cccc(-c6cccc(-n7c8ccccc8c8ccccc87)c6)c5)c5sc6ccccc6c5n4)ccc32)=CC1. The largest absolute Gasteiger partial charge is 0.310 e. The van der Waals surface area contributed by atoms with Crippen molar-refractivity contribution in [2.24, 2.45) is 5.92 Å². The van der Waals surface area contributed by atoms with Gasteiger partial charge in [-0.2, -0.15) is 0 Å². The standard InChI is InChI=1S/C53H36N4S/c1-33-24-27-38(28-25-33)56-47-22-8-4-18-42(47)44-32-37(26-29-48(44)56)53-54-50(52-51(55-53)43-19-5-9-23-49(43)58-52)36-14-10-12-34(30-36)35-13-11-15-39(31-35)57-45-20-6-2-16-40(45)41-17-3-7-21-46(41)57/h2-24,26-33H,25H2,1H3. The summed E-state index contributed by atoms with van der Waals surface area (Å²) < 4.78 is 7.10. The molecule has 0 spiro atoms. The molecular weight excluding hydrogens is 725 g/mol. The second-order valence-electron chi connectivity index (χ2n) is 15.5. The van der Waals surface area contributed by atoms with Gasteiger partial charge < -0.3 is 9.13 Å². The zero-order valence-electron chi connectivity index (χ0n) is 31.8. The molecule has 0 fully saturated rings. The Kier molecular flexibility index (Phi) is 7.41. The highest BCUT2D eigenvalue weighted by Crippen LogP contribution is 2.42. The number of para-hydroxylation sites is 3. The second kappa shape index (κ2) is 13.0. The zero-order valence-corrected chi connectivity index (χ0v) is 32.6. The van der Waals surface area contributed by atoms with Crippen LogP contribution < -0.4 is 0 Å². The fourth-order valence-electron chi connectivity index (χ4n) is 9.06. The molecule has 274 valence electrons. The van der Waals surface area contributed by atoms with E-state index in [0.717, 1.165) is 61.5 Å². The molecule has 0 saturated carbocycles. The Hall–Kier alpha value is -7.08. The van der Waals surface area contributed by atoms with Crippen LogP contribution in [0.2, 0.25) is 0 Å². The van der Waals surface area contributed by atoms with E-state index in [1.807, 2.05) is 0 Å². The zero-order chi connectivity index (χ0) is 38.3. The molecule has 4 heterocycles. The van der Waals surface area contributed by atoms with Gasteiger partial charge in [-0.25, -0.2) is 9.97 Å². The fraction of sp³-hybridized carbons (Fsp3) is 0.0566. The lowest BCUT2D eigenvalue weighted by Crippen LogP contribution is -2.00. The minimum Gasteiger partial charge on any atom is -0.310 e. The lowest BCUT2D eigenvalue weighted by atomic mass is 10.0. The van der Waals surface area contributed by atoms with E-state index in [-0.39, 0.29) is 0 Å². The molecule has 11 aromatic rings. The van der Waals surface area contributed by atoms with Crippen LogP contribution in [0.1, 0.15) is 13.3 Å². The number of rotatable bonds is 5. The maximum Gasteiger partial charge on any atom is 0.160 e. The van der Waals surface area contributed by atoms with Crippen LogP contribution in [0.25, 0.3) is 109 Å². The molecule has 0 bridgehead atoms. The Bertz CT molecular complexity index is 3470. The Morgan fingerprint density at radius 2 is 1.14 bits per heavy atom. The van der Waals surface area contributed by atoms with Crippen LogP contribution in [0.4, 0.5) is 0 Å². The van der Waals surface area contributed by atoms with Crippen molar-refractivity contribution in [2.75, 3.05) is 0 Å². The number of aromatic nitrogens is 4. The number of benzene rings is 7. The van der Waals surface area contributed by atoms with E-state index in [1.54, 1.807) is 11.3 Å². The Balaban J connectivity index is 1.02. The normalized spacial score (nSPS) is 14.4. The topological polar surface area (TPSA) is 35.6 Å². The third-order valence-electron chi connectivity index (χ3n) is 11.9. The van der Waals surface area contributed by atoms with Gasteiger partial charge in [0.1, 0.15) is 0 Å². The highest BCUT2D eigenvalue weighted by atomic mass is 32.1. The van der Waals surface area contributed by atoms with Crippen molar-refractivity contribution in [1.29, 1.82) is 0 Å². The predicted octanol–water partition coefficient (Wildman–Crippen LogP) is 14.5. The minimum absolute atomic E-state index is 0.551. The van der Waals surface area contributed by atoms with Crippen molar-refractivity contribution in [3.63, 3.8) is 0 Å². The van der Waals surface area contributed by atoms with Crippen LogP contribution >= 0.6 is 11.3 Å². The van der Waals surface area contributed by atoms with Crippen LogP contribution in [0.3, 0.4) is 0 Å². The highest BCUT2D eigenvalue weighted by Gasteiger charge is 2.20. The third kappa shape index (κ3) is 5.13. The Morgan fingerprint density at radius 3 is 1.88 bits per heavy atom. The Labute approximate surface area is 339 Å². The molecule has 0 N–H and O–H groups in total. The van der Waals surface area contributed by atoms with E-state index in [0.29, 0.717) is 5.92 Å². The molecule has 7 aromatic carbocycles.